The van der Waals surface area contributed by atoms with Gasteiger partial charge >= 0.3 is 6.18 Å². The van der Waals surface area contributed by atoms with E-state index in [2.05, 4.69) is 15.9 Å². The Hall–Kier alpha value is -1.53. The van der Waals surface area contributed by atoms with Crippen molar-refractivity contribution in [2.45, 2.75) is 19.2 Å². The normalized spacial score (nSPS) is 13.0. The fourth-order valence-corrected chi connectivity index (χ4v) is 2.25. The number of ether oxygens (including phenoxy) is 1. The number of benzene rings is 2. The van der Waals surface area contributed by atoms with Gasteiger partial charge in [0, 0.05) is 0 Å². The molecule has 2 nitrogen and oxygen atoms in total. The molecule has 0 aromatic heterocycles. The minimum absolute atomic E-state index is 0.246. The molecule has 0 heterocycles. The lowest BCUT2D eigenvalue weighted by Crippen LogP contribution is -2.06. The maximum absolute atomic E-state index is 12.9. The number of hydrogen-bond acceptors (Lipinski definition) is 2. The Bertz CT molecular complexity index is 639. The van der Waals surface area contributed by atoms with E-state index in [4.69, 9.17) is 4.74 Å². The molecule has 1 N–H and O–H groups in total. The SMILES string of the molecule is C[C@H](O)c1ccc(Oc2ccccc2C(F)(F)F)c(Br)c1. The van der Waals surface area contributed by atoms with E-state index >= 15 is 0 Å². The number of aliphatic hydroxyl groups excluding tert-OH is 1. The number of hydrogen-bond donors (Lipinski definition) is 1. The van der Waals surface area contributed by atoms with Crippen molar-refractivity contribution in [2.75, 3.05) is 0 Å². The number of aliphatic hydroxyl groups is 1. The van der Waals surface area contributed by atoms with Crippen LogP contribution in [0.15, 0.2) is 46.9 Å². The van der Waals surface area contributed by atoms with Crippen LogP contribution in [0.1, 0.15) is 24.2 Å². The molecule has 0 saturated carbocycles. The van der Waals surface area contributed by atoms with Gasteiger partial charge in [-0.15, -0.1) is 0 Å². The van der Waals surface area contributed by atoms with Crippen LogP contribution in [0.4, 0.5) is 13.2 Å². The van der Waals surface area contributed by atoms with Crippen LogP contribution in [0.25, 0.3) is 0 Å². The molecule has 0 unspecified atom stereocenters. The van der Waals surface area contributed by atoms with Gasteiger partial charge in [0.1, 0.15) is 11.5 Å². The predicted octanol–water partition coefficient (Wildman–Crippen LogP) is 5.31. The molecule has 0 fully saturated rings. The van der Waals surface area contributed by atoms with Gasteiger partial charge in [-0.3, -0.25) is 0 Å². The Balaban J connectivity index is 2.35. The van der Waals surface area contributed by atoms with Crippen LogP contribution in [-0.4, -0.2) is 5.11 Å². The fourth-order valence-electron chi connectivity index (χ4n) is 1.77. The molecule has 2 rings (SSSR count). The summed E-state index contributed by atoms with van der Waals surface area (Å²) < 4.78 is 44.5. The molecule has 6 heteroatoms. The lowest BCUT2D eigenvalue weighted by Gasteiger charge is -2.15. The van der Waals surface area contributed by atoms with Crippen LogP contribution >= 0.6 is 15.9 Å². The van der Waals surface area contributed by atoms with Crippen molar-refractivity contribution in [3.63, 3.8) is 0 Å². The zero-order valence-corrected chi connectivity index (χ0v) is 12.6. The largest absolute Gasteiger partial charge is 0.456 e. The highest BCUT2D eigenvalue weighted by Gasteiger charge is 2.34. The first-order chi connectivity index (χ1) is 9.79. The molecule has 0 aliphatic rings. The summed E-state index contributed by atoms with van der Waals surface area (Å²) in [5, 5.41) is 9.47. The second-order valence-corrected chi connectivity index (χ2v) is 5.32. The summed E-state index contributed by atoms with van der Waals surface area (Å²) in [6.07, 6.45) is -5.15. The topological polar surface area (TPSA) is 29.5 Å². The summed E-state index contributed by atoms with van der Waals surface area (Å²) in [4.78, 5) is 0. The first kappa shape index (κ1) is 15.9. The molecular formula is C15H12BrF3O2. The van der Waals surface area contributed by atoms with Crippen LogP contribution in [0.2, 0.25) is 0 Å². The van der Waals surface area contributed by atoms with E-state index in [0.29, 0.717) is 10.0 Å². The third kappa shape index (κ3) is 3.77. The second-order valence-electron chi connectivity index (χ2n) is 4.46. The van der Waals surface area contributed by atoms with Crippen LogP contribution in [0.5, 0.6) is 11.5 Å². The van der Waals surface area contributed by atoms with Crippen LogP contribution < -0.4 is 4.74 Å². The lowest BCUT2D eigenvalue weighted by atomic mass is 10.1. The van der Waals surface area contributed by atoms with Gasteiger partial charge in [-0.25, -0.2) is 0 Å². The molecule has 0 aliphatic heterocycles. The quantitative estimate of drug-likeness (QED) is 0.803. The molecule has 0 bridgehead atoms. The molecule has 0 saturated heterocycles. The standard InChI is InChI=1S/C15H12BrF3O2/c1-9(20)10-6-7-14(12(16)8-10)21-13-5-3-2-4-11(13)15(17,18)19/h2-9,20H,1H3/t9-/m0/s1. The van der Waals surface area contributed by atoms with Gasteiger partial charge < -0.3 is 9.84 Å². The van der Waals surface area contributed by atoms with Gasteiger partial charge in [0.2, 0.25) is 0 Å². The van der Waals surface area contributed by atoms with E-state index in [0.717, 1.165) is 6.07 Å². The number of rotatable bonds is 3. The van der Waals surface area contributed by atoms with Crippen LogP contribution in [0.3, 0.4) is 0 Å². The Morgan fingerprint density at radius 2 is 1.76 bits per heavy atom. The molecule has 2 aromatic rings. The number of halogens is 4. The molecule has 1 atom stereocenters. The van der Waals surface area contributed by atoms with E-state index < -0.39 is 17.8 Å². The molecule has 0 amide bonds. The summed E-state index contributed by atoms with van der Waals surface area (Å²) in [6.45, 7) is 1.60. The average molecular weight is 361 g/mol. The second kappa shape index (κ2) is 6.07. The zero-order valence-electron chi connectivity index (χ0n) is 11.0. The summed E-state index contributed by atoms with van der Waals surface area (Å²) in [5.41, 5.74) is -0.199. The van der Waals surface area contributed by atoms with Gasteiger partial charge in [-0.1, -0.05) is 18.2 Å². The van der Waals surface area contributed by atoms with E-state index in [1.54, 1.807) is 19.1 Å². The van der Waals surface area contributed by atoms with Gasteiger partial charge in [-0.2, -0.15) is 13.2 Å². The fraction of sp³-hybridized carbons (Fsp3) is 0.200. The smallest absolute Gasteiger partial charge is 0.419 e. The minimum Gasteiger partial charge on any atom is -0.456 e. The maximum Gasteiger partial charge on any atom is 0.419 e. The number of para-hydroxylation sites is 1. The van der Waals surface area contributed by atoms with Gasteiger partial charge in [-0.05, 0) is 52.7 Å². The maximum atomic E-state index is 12.9. The average Bonchev–Trinajstić information content (AvgIpc) is 2.40. The van der Waals surface area contributed by atoms with Crippen molar-refractivity contribution in [3.05, 3.63) is 58.1 Å². The molecule has 21 heavy (non-hydrogen) atoms. The highest BCUT2D eigenvalue weighted by atomic mass is 79.9. The molecule has 112 valence electrons. The van der Waals surface area contributed by atoms with Crippen molar-refractivity contribution < 1.29 is 23.0 Å². The van der Waals surface area contributed by atoms with Crippen molar-refractivity contribution in [1.82, 2.24) is 0 Å². The van der Waals surface area contributed by atoms with Gasteiger partial charge in [0.15, 0.2) is 0 Å². The Morgan fingerprint density at radius 1 is 1.10 bits per heavy atom. The first-order valence-corrected chi connectivity index (χ1v) is 6.90. The summed E-state index contributed by atoms with van der Waals surface area (Å²) in [7, 11) is 0. The Labute approximate surface area is 128 Å². The molecule has 0 aliphatic carbocycles. The van der Waals surface area contributed by atoms with E-state index in [-0.39, 0.29) is 11.5 Å². The first-order valence-electron chi connectivity index (χ1n) is 6.10. The molecule has 0 radical (unpaired) electrons. The summed E-state index contributed by atoms with van der Waals surface area (Å²) >= 11 is 3.23. The predicted molar refractivity (Wildman–Crippen MR) is 76.3 cm³/mol. The highest BCUT2D eigenvalue weighted by Crippen LogP contribution is 2.39. The summed E-state index contributed by atoms with van der Waals surface area (Å²) in [6, 6.07) is 9.73. The minimum atomic E-state index is -4.48. The van der Waals surface area contributed by atoms with Crippen molar-refractivity contribution >= 4 is 15.9 Å². The molecule has 0 spiro atoms. The van der Waals surface area contributed by atoms with Crippen molar-refractivity contribution in [1.29, 1.82) is 0 Å². The zero-order chi connectivity index (χ0) is 15.6. The molecular weight excluding hydrogens is 349 g/mol. The van der Waals surface area contributed by atoms with Crippen molar-refractivity contribution in [2.24, 2.45) is 0 Å². The van der Waals surface area contributed by atoms with Gasteiger partial charge in [0.25, 0.3) is 0 Å². The summed E-state index contributed by atoms with van der Waals surface area (Å²) in [5.74, 6) is -0.0217. The van der Waals surface area contributed by atoms with Crippen LogP contribution in [0, 0.1) is 0 Å². The van der Waals surface area contributed by atoms with E-state index in [1.165, 1.54) is 24.3 Å². The monoisotopic (exact) mass is 360 g/mol. The molecule has 2 aromatic carbocycles. The van der Waals surface area contributed by atoms with Crippen molar-refractivity contribution in [3.8, 4) is 11.5 Å². The van der Waals surface area contributed by atoms with E-state index in [9.17, 15) is 18.3 Å². The Morgan fingerprint density at radius 3 is 2.33 bits per heavy atom. The lowest BCUT2D eigenvalue weighted by molar-refractivity contribution is -0.138. The van der Waals surface area contributed by atoms with E-state index in [1.807, 2.05) is 0 Å². The Kier molecular flexibility index (Phi) is 4.58. The third-order valence-corrected chi connectivity index (χ3v) is 3.47. The van der Waals surface area contributed by atoms with Gasteiger partial charge in [0.05, 0.1) is 16.1 Å². The van der Waals surface area contributed by atoms with Crippen LogP contribution in [-0.2, 0) is 6.18 Å². The highest BCUT2D eigenvalue weighted by molar-refractivity contribution is 9.10. The number of alkyl halides is 3. The third-order valence-electron chi connectivity index (χ3n) is 2.85.